The fraction of sp³-hybridized carbons (Fsp3) is 0.538. The van der Waals surface area contributed by atoms with Gasteiger partial charge in [-0.25, -0.2) is 0 Å². The van der Waals surface area contributed by atoms with Gasteiger partial charge in [0.1, 0.15) is 5.75 Å². The van der Waals surface area contributed by atoms with Crippen LogP contribution in [0.3, 0.4) is 0 Å². The Labute approximate surface area is 102 Å². The Kier molecular flexibility index (Phi) is 3.72. The molecule has 3 heteroatoms. The Morgan fingerprint density at radius 3 is 2.88 bits per heavy atom. The highest BCUT2D eigenvalue weighted by Crippen LogP contribution is 2.36. The molecular weight excluding hydrogens is 224 g/mol. The third kappa shape index (κ3) is 2.33. The van der Waals surface area contributed by atoms with Crippen molar-refractivity contribution in [3.05, 3.63) is 29.8 Å². The summed E-state index contributed by atoms with van der Waals surface area (Å²) in [7, 11) is 1.71. The fourth-order valence-corrected chi connectivity index (χ4v) is 2.50. The number of methoxy groups -OCH3 is 1. The number of alkyl halides is 1. The normalized spacial score (nSPS) is 24.6. The van der Waals surface area contributed by atoms with Gasteiger partial charge in [-0.1, -0.05) is 18.2 Å². The molecule has 1 aromatic carbocycles. The molecule has 1 heterocycles. The maximum Gasteiger partial charge on any atom is 0.122 e. The van der Waals surface area contributed by atoms with Crippen molar-refractivity contribution in [1.82, 2.24) is 0 Å². The van der Waals surface area contributed by atoms with Gasteiger partial charge in [0.15, 0.2) is 0 Å². The molecule has 16 heavy (non-hydrogen) atoms. The second-order valence-corrected chi connectivity index (χ2v) is 4.69. The fourth-order valence-electron chi connectivity index (χ4n) is 2.19. The summed E-state index contributed by atoms with van der Waals surface area (Å²) in [6, 6.07) is 8.12. The van der Waals surface area contributed by atoms with Crippen LogP contribution in [0.5, 0.6) is 5.75 Å². The van der Waals surface area contributed by atoms with E-state index in [-0.39, 0.29) is 5.41 Å². The van der Waals surface area contributed by atoms with E-state index in [2.05, 4.69) is 6.07 Å². The molecule has 0 radical (unpaired) electrons. The van der Waals surface area contributed by atoms with Crippen LogP contribution in [0, 0.1) is 5.41 Å². The Hall–Kier alpha value is -0.730. The monoisotopic (exact) mass is 240 g/mol. The summed E-state index contributed by atoms with van der Waals surface area (Å²) in [4.78, 5) is 0. The summed E-state index contributed by atoms with van der Waals surface area (Å²) in [5, 5.41) is 0. The van der Waals surface area contributed by atoms with Crippen LogP contribution < -0.4 is 4.74 Å². The summed E-state index contributed by atoms with van der Waals surface area (Å²) in [5.74, 6) is 1.59. The van der Waals surface area contributed by atoms with Crippen LogP contribution in [0.15, 0.2) is 24.3 Å². The third-order valence-electron chi connectivity index (χ3n) is 3.23. The zero-order valence-corrected chi connectivity index (χ0v) is 10.3. The molecule has 0 amide bonds. The maximum atomic E-state index is 6.09. The van der Waals surface area contributed by atoms with E-state index < -0.39 is 0 Å². The number of halogens is 1. The zero-order valence-electron chi connectivity index (χ0n) is 9.54. The molecule has 1 fully saturated rings. The molecule has 1 saturated heterocycles. The van der Waals surface area contributed by atoms with Crippen molar-refractivity contribution in [1.29, 1.82) is 0 Å². The van der Waals surface area contributed by atoms with Crippen molar-refractivity contribution in [2.24, 2.45) is 5.41 Å². The molecule has 0 N–H and O–H groups in total. The van der Waals surface area contributed by atoms with Crippen molar-refractivity contribution >= 4 is 11.6 Å². The number of hydrogen-bond acceptors (Lipinski definition) is 2. The maximum absolute atomic E-state index is 6.09. The largest absolute Gasteiger partial charge is 0.496 e. The Balaban J connectivity index is 2.18. The minimum absolute atomic E-state index is 0.0934. The van der Waals surface area contributed by atoms with Gasteiger partial charge in [0.05, 0.1) is 13.7 Å². The van der Waals surface area contributed by atoms with Crippen LogP contribution in [0.25, 0.3) is 0 Å². The summed E-state index contributed by atoms with van der Waals surface area (Å²) in [6.45, 7) is 1.58. The summed E-state index contributed by atoms with van der Waals surface area (Å²) < 4.78 is 10.8. The second kappa shape index (κ2) is 5.07. The van der Waals surface area contributed by atoms with Gasteiger partial charge in [-0.05, 0) is 24.5 Å². The molecule has 0 aliphatic carbocycles. The van der Waals surface area contributed by atoms with E-state index in [1.807, 2.05) is 18.2 Å². The van der Waals surface area contributed by atoms with Crippen molar-refractivity contribution in [2.75, 3.05) is 26.2 Å². The van der Waals surface area contributed by atoms with Gasteiger partial charge in [0, 0.05) is 17.9 Å². The zero-order chi connectivity index (χ0) is 11.4. The van der Waals surface area contributed by atoms with Crippen molar-refractivity contribution in [2.45, 2.75) is 12.8 Å². The quantitative estimate of drug-likeness (QED) is 0.754. The number of para-hydroxylation sites is 1. The number of benzene rings is 1. The van der Waals surface area contributed by atoms with Crippen LogP contribution >= 0.6 is 11.6 Å². The van der Waals surface area contributed by atoms with E-state index in [4.69, 9.17) is 21.1 Å². The van der Waals surface area contributed by atoms with E-state index in [9.17, 15) is 0 Å². The Morgan fingerprint density at radius 2 is 2.25 bits per heavy atom. The molecule has 1 atom stereocenters. The predicted molar refractivity (Wildman–Crippen MR) is 65.3 cm³/mol. The van der Waals surface area contributed by atoms with E-state index in [1.165, 1.54) is 5.56 Å². The summed E-state index contributed by atoms with van der Waals surface area (Å²) in [6.07, 6.45) is 1.97. The number of hydrogen-bond donors (Lipinski definition) is 0. The van der Waals surface area contributed by atoms with Crippen LogP contribution in [-0.4, -0.2) is 26.2 Å². The standard InChI is InChI=1S/C13H17ClO2/c1-15-12-5-3-2-4-11(12)8-13(9-14)6-7-16-10-13/h2-5H,6-10H2,1H3. The van der Waals surface area contributed by atoms with Crippen LogP contribution in [0.4, 0.5) is 0 Å². The first-order valence-corrected chi connectivity index (χ1v) is 6.09. The molecule has 2 nitrogen and oxygen atoms in total. The SMILES string of the molecule is COc1ccccc1CC1(CCl)CCOC1. The molecule has 1 aliphatic rings. The van der Waals surface area contributed by atoms with Gasteiger partial charge in [0.25, 0.3) is 0 Å². The molecule has 0 spiro atoms. The van der Waals surface area contributed by atoms with Crippen LogP contribution in [0.2, 0.25) is 0 Å². The lowest BCUT2D eigenvalue weighted by molar-refractivity contribution is 0.160. The predicted octanol–water partition coefficient (Wildman–Crippen LogP) is 2.88. The Morgan fingerprint density at radius 1 is 1.44 bits per heavy atom. The highest BCUT2D eigenvalue weighted by molar-refractivity contribution is 6.18. The third-order valence-corrected chi connectivity index (χ3v) is 3.79. The molecule has 1 unspecified atom stereocenters. The average molecular weight is 241 g/mol. The molecular formula is C13H17ClO2. The van der Waals surface area contributed by atoms with Crippen molar-refractivity contribution in [3.63, 3.8) is 0 Å². The van der Waals surface area contributed by atoms with Crippen LogP contribution in [0.1, 0.15) is 12.0 Å². The number of rotatable bonds is 4. The van der Waals surface area contributed by atoms with Gasteiger partial charge in [-0.3, -0.25) is 0 Å². The van der Waals surface area contributed by atoms with Gasteiger partial charge >= 0.3 is 0 Å². The first-order chi connectivity index (χ1) is 7.79. The smallest absolute Gasteiger partial charge is 0.122 e. The molecule has 0 bridgehead atoms. The summed E-state index contributed by atoms with van der Waals surface area (Å²) >= 11 is 6.09. The van der Waals surface area contributed by atoms with Gasteiger partial charge in [0.2, 0.25) is 0 Å². The summed E-state index contributed by atoms with van der Waals surface area (Å²) in [5.41, 5.74) is 1.31. The highest BCUT2D eigenvalue weighted by Gasteiger charge is 2.34. The molecule has 88 valence electrons. The lowest BCUT2D eigenvalue weighted by Crippen LogP contribution is -2.26. The lowest BCUT2D eigenvalue weighted by atomic mass is 9.82. The van der Waals surface area contributed by atoms with Gasteiger partial charge in [-0.2, -0.15) is 0 Å². The first-order valence-electron chi connectivity index (χ1n) is 5.55. The molecule has 1 aromatic rings. The van der Waals surface area contributed by atoms with E-state index >= 15 is 0 Å². The average Bonchev–Trinajstić information content (AvgIpc) is 2.79. The molecule has 2 rings (SSSR count). The molecule has 1 aliphatic heterocycles. The molecule has 0 saturated carbocycles. The minimum atomic E-state index is 0.0934. The topological polar surface area (TPSA) is 18.5 Å². The lowest BCUT2D eigenvalue weighted by Gasteiger charge is -2.25. The Bertz CT molecular complexity index is 346. The van der Waals surface area contributed by atoms with Crippen molar-refractivity contribution < 1.29 is 9.47 Å². The first kappa shape index (κ1) is 11.7. The van der Waals surface area contributed by atoms with E-state index in [0.717, 1.165) is 31.8 Å². The van der Waals surface area contributed by atoms with E-state index in [0.29, 0.717) is 5.88 Å². The van der Waals surface area contributed by atoms with E-state index in [1.54, 1.807) is 7.11 Å². The number of ether oxygens (including phenoxy) is 2. The van der Waals surface area contributed by atoms with Gasteiger partial charge < -0.3 is 9.47 Å². The second-order valence-electron chi connectivity index (χ2n) is 4.42. The van der Waals surface area contributed by atoms with Gasteiger partial charge in [-0.15, -0.1) is 11.6 Å². The van der Waals surface area contributed by atoms with Crippen molar-refractivity contribution in [3.8, 4) is 5.75 Å². The highest BCUT2D eigenvalue weighted by atomic mass is 35.5. The van der Waals surface area contributed by atoms with Crippen LogP contribution in [-0.2, 0) is 11.2 Å². The molecule has 0 aromatic heterocycles. The minimum Gasteiger partial charge on any atom is -0.496 e.